The second-order valence-electron chi connectivity index (χ2n) is 5.70. The monoisotopic (exact) mass is 297 g/mol. The molecule has 0 aliphatic rings. The van der Waals surface area contributed by atoms with Crippen molar-refractivity contribution >= 4 is 5.78 Å². The van der Waals surface area contributed by atoms with Gasteiger partial charge in [0.1, 0.15) is 11.6 Å². The Labute approximate surface area is 126 Å². The molecule has 118 valence electrons. The molecule has 0 saturated carbocycles. The van der Waals surface area contributed by atoms with E-state index in [0.717, 1.165) is 37.9 Å². The van der Waals surface area contributed by atoms with Crippen LogP contribution < -0.4 is 0 Å². The molecular weight excluding hydrogens is 272 g/mol. The van der Waals surface area contributed by atoms with Gasteiger partial charge in [-0.25, -0.2) is 8.78 Å². The number of nitrogens with zero attached hydrogens (tertiary/aromatic N) is 1. The number of Topliss-reactive ketones (excluding diaryl/α,β-unsaturated/α-hetero) is 1. The fourth-order valence-corrected chi connectivity index (χ4v) is 2.51. The van der Waals surface area contributed by atoms with E-state index in [1.165, 1.54) is 6.07 Å². The fraction of sp³-hybridized carbons (Fsp3) is 0.588. The van der Waals surface area contributed by atoms with Gasteiger partial charge in [-0.2, -0.15) is 0 Å². The Balaban J connectivity index is 2.86. The van der Waals surface area contributed by atoms with Crippen molar-refractivity contribution in [1.29, 1.82) is 0 Å². The van der Waals surface area contributed by atoms with Gasteiger partial charge in [0.15, 0.2) is 5.78 Å². The summed E-state index contributed by atoms with van der Waals surface area (Å²) < 4.78 is 26.7. The molecule has 1 aromatic carbocycles. The summed E-state index contributed by atoms with van der Waals surface area (Å²) in [5.74, 6) is -1.75. The fourth-order valence-electron chi connectivity index (χ4n) is 2.51. The molecule has 0 aliphatic carbocycles. The van der Waals surface area contributed by atoms with Gasteiger partial charge in [-0.05, 0) is 45.9 Å². The summed E-state index contributed by atoms with van der Waals surface area (Å²) in [6.45, 7) is 8.77. The van der Waals surface area contributed by atoms with Gasteiger partial charge in [0.05, 0.1) is 11.6 Å². The summed E-state index contributed by atoms with van der Waals surface area (Å²) >= 11 is 0. The molecule has 1 unspecified atom stereocenters. The van der Waals surface area contributed by atoms with Gasteiger partial charge in [-0.1, -0.05) is 19.8 Å². The molecule has 1 rings (SSSR count). The van der Waals surface area contributed by atoms with Crippen molar-refractivity contribution in [2.45, 2.75) is 59.0 Å². The van der Waals surface area contributed by atoms with Crippen molar-refractivity contribution < 1.29 is 13.6 Å². The lowest BCUT2D eigenvalue weighted by Gasteiger charge is -2.32. The van der Waals surface area contributed by atoms with Gasteiger partial charge in [-0.15, -0.1) is 0 Å². The Morgan fingerprint density at radius 1 is 1.19 bits per heavy atom. The first-order valence-electron chi connectivity index (χ1n) is 7.63. The molecule has 0 spiro atoms. The molecule has 0 aliphatic heterocycles. The molecule has 0 radical (unpaired) electrons. The van der Waals surface area contributed by atoms with Crippen molar-refractivity contribution in [3.05, 3.63) is 35.4 Å². The summed E-state index contributed by atoms with van der Waals surface area (Å²) in [6, 6.07) is 2.90. The lowest BCUT2D eigenvalue weighted by molar-refractivity contribution is 0.0780. The Hall–Kier alpha value is -1.29. The van der Waals surface area contributed by atoms with Crippen molar-refractivity contribution in [3.8, 4) is 0 Å². The molecule has 0 aromatic heterocycles. The topological polar surface area (TPSA) is 20.3 Å². The zero-order valence-corrected chi connectivity index (χ0v) is 13.3. The highest BCUT2D eigenvalue weighted by molar-refractivity contribution is 6.00. The van der Waals surface area contributed by atoms with E-state index >= 15 is 0 Å². The standard InChI is InChI=1S/C17H25F2NO/c1-5-6-7-10-20(12(2)3)13(4)17(21)15-9-8-14(18)11-16(15)19/h8-9,11-13H,5-7,10H2,1-4H3. The maximum atomic E-state index is 13.8. The SMILES string of the molecule is CCCCCN(C(C)C)C(C)C(=O)c1ccc(F)cc1F. The minimum absolute atomic E-state index is 0.0370. The second kappa shape index (κ2) is 8.23. The highest BCUT2D eigenvalue weighted by Crippen LogP contribution is 2.17. The number of hydrogen-bond acceptors (Lipinski definition) is 2. The Bertz CT molecular complexity index is 474. The smallest absolute Gasteiger partial charge is 0.182 e. The van der Waals surface area contributed by atoms with Crippen molar-refractivity contribution in [2.75, 3.05) is 6.54 Å². The van der Waals surface area contributed by atoms with Gasteiger partial charge < -0.3 is 0 Å². The molecule has 0 N–H and O–H groups in total. The minimum atomic E-state index is -0.788. The summed E-state index contributed by atoms with van der Waals surface area (Å²) in [4.78, 5) is 14.5. The summed E-state index contributed by atoms with van der Waals surface area (Å²) in [6.07, 6.45) is 3.23. The first-order chi connectivity index (χ1) is 9.88. The molecule has 1 atom stereocenters. The van der Waals surface area contributed by atoms with Gasteiger partial charge in [-0.3, -0.25) is 9.69 Å². The highest BCUT2D eigenvalue weighted by atomic mass is 19.1. The van der Waals surface area contributed by atoms with Gasteiger partial charge in [0, 0.05) is 12.1 Å². The number of carbonyl (C=O) groups is 1. The van der Waals surface area contributed by atoms with Crippen molar-refractivity contribution in [3.63, 3.8) is 0 Å². The quantitative estimate of drug-likeness (QED) is 0.522. The normalized spacial score (nSPS) is 13.0. The Morgan fingerprint density at radius 3 is 2.38 bits per heavy atom. The minimum Gasteiger partial charge on any atom is -0.292 e. The zero-order valence-electron chi connectivity index (χ0n) is 13.3. The molecule has 0 amide bonds. The van der Waals surface area contributed by atoms with E-state index in [2.05, 4.69) is 11.8 Å². The largest absolute Gasteiger partial charge is 0.292 e. The molecular formula is C17H25F2NO. The summed E-state index contributed by atoms with van der Waals surface area (Å²) in [7, 11) is 0. The number of benzene rings is 1. The summed E-state index contributed by atoms with van der Waals surface area (Å²) in [5.41, 5.74) is -0.0370. The molecule has 1 aromatic rings. The Kier molecular flexibility index (Phi) is 6.96. The molecule has 4 heteroatoms. The van der Waals surface area contributed by atoms with E-state index in [9.17, 15) is 13.6 Å². The number of hydrogen-bond donors (Lipinski definition) is 0. The maximum Gasteiger partial charge on any atom is 0.182 e. The lowest BCUT2D eigenvalue weighted by atomic mass is 10.0. The van der Waals surface area contributed by atoms with Crippen LogP contribution in [-0.4, -0.2) is 29.3 Å². The van der Waals surface area contributed by atoms with Crippen LogP contribution in [-0.2, 0) is 0 Å². The lowest BCUT2D eigenvalue weighted by Crippen LogP contribution is -2.44. The van der Waals surface area contributed by atoms with Crippen LogP contribution in [0.15, 0.2) is 18.2 Å². The zero-order chi connectivity index (χ0) is 16.0. The van der Waals surface area contributed by atoms with Crippen LogP contribution in [0.1, 0.15) is 57.3 Å². The molecule has 0 fully saturated rings. The van der Waals surface area contributed by atoms with Gasteiger partial charge in [0.25, 0.3) is 0 Å². The number of unbranched alkanes of at least 4 members (excludes halogenated alkanes) is 2. The van der Waals surface area contributed by atoms with E-state index in [1.54, 1.807) is 6.92 Å². The van der Waals surface area contributed by atoms with Crippen LogP contribution >= 0.6 is 0 Å². The van der Waals surface area contributed by atoms with Crippen LogP contribution in [0.25, 0.3) is 0 Å². The first kappa shape index (κ1) is 17.8. The maximum absolute atomic E-state index is 13.8. The third-order valence-electron chi connectivity index (χ3n) is 3.76. The number of halogens is 2. The molecule has 0 bridgehead atoms. The second-order valence-corrected chi connectivity index (χ2v) is 5.70. The molecule has 21 heavy (non-hydrogen) atoms. The van der Waals surface area contributed by atoms with E-state index in [0.29, 0.717) is 0 Å². The van der Waals surface area contributed by atoms with Crippen molar-refractivity contribution in [1.82, 2.24) is 4.90 Å². The predicted molar refractivity (Wildman–Crippen MR) is 81.5 cm³/mol. The van der Waals surface area contributed by atoms with Crippen LogP contribution in [0.5, 0.6) is 0 Å². The average Bonchev–Trinajstić information content (AvgIpc) is 2.42. The van der Waals surface area contributed by atoms with Crippen LogP contribution in [0.2, 0.25) is 0 Å². The van der Waals surface area contributed by atoms with E-state index in [4.69, 9.17) is 0 Å². The Morgan fingerprint density at radius 2 is 1.86 bits per heavy atom. The first-order valence-corrected chi connectivity index (χ1v) is 7.63. The third-order valence-corrected chi connectivity index (χ3v) is 3.76. The highest BCUT2D eigenvalue weighted by Gasteiger charge is 2.26. The van der Waals surface area contributed by atoms with Gasteiger partial charge >= 0.3 is 0 Å². The van der Waals surface area contributed by atoms with E-state index in [1.807, 2.05) is 13.8 Å². The average molecular weight is 297 g/mol. The number of rotatable bonds is 8. The number of carbonyl (C=O) groups excluding carboxylic acids is 1. The molecule has 0 saturated heterocycles. The van der Waals surface area contributed by atoms with Gasteiger partial charge in [0.2, 0.25) is 0 Å². The number of ketones is 1. The van der Waals surface area contributed by atoms with E-state index < -0.39 is 17.7 Å². The molecule has 0 heterocycles. The van der Waals surface area contributed by atoms with Crippen molar-refractivity contribution in [2.24, 2.45) is 0 Å². The molecule has 2 nitrogen and oxygen atoms in total. The predicted octanol–water partition coefficient (Wildman–Crippen LogP) is 4.44. The summed E-state index contributed by atoms with van der Waals surface area (Å²) in [5, 5.41) is 0. The van der Waals surface area contributed by atoms with Crippen LogP contribution in [0, 0.1) is 11.6 Å². The third kappa shape index (κ3) is 4.88. The van der Waals surface area contributed by atoms with Crippen LogP contribution in [0.4, 0.5) is 8.78 Å². The van der Waals surface area contributed by atoms with Crippen LogP contribution in [0.3, 0.4) is 0 Å². The van der Waals surface area contributed by atoms with E-state index in [-0.39, 0.29) is 17.4 Å².